The number of carboxylic acids is 1. The molecule has 1 aliphatic rings. The number of rotatable bonds is 3. The van der Waals surface area contributed by atoms with Crippen molar-refractivity contribution in [2.75, 3.05) is 11.9 Å². The smallest absolute Gasteiger partial charge is 0.305 e. The first-order valence-corrected chi connectivity index (χ1v) is 6.22. The van der Waals surface area contributed by atoms with E-state index in [1.807, 2.05) is 12.1 Å². The number of anilines is 1. The number of aliphatic carboxylic acids is 1. The van der Waals surface area contributed by atoms with Crippen molar-refractivity contribution in [1.82, 2.24) is 0 Å². The molecule has 102 valence electrons. The van der Waals surface area contributed by atoms with E-state index in [1.165, 1.54) is 0 Å². The quantitative estimate of drug-likeness (QED) is 0.858. The van der Waals surface area contributed by atoms with Crippen LogP contribution in [0.25, 0.3) is 0 Å². The van der Waals surface area contributed by atoms with Crippen LogP contribution in [0.15, 0.2) is 18.2 Å². The van der Waals surface area contributed by atoms with Gasteiger partial charge in [0.05, 0.1) is 6.42 Å². The Balaban J connectivity index is 2.37. The second-order valence-corrected chi connectivity index (χ2v) is 5.28. The number of hydrogen-bond donors (Lipinski definition) is 2. The molecular weight excluding hydrogens is 244 g/mol. The van der Waals surface area contributed by atoms with Gasteiger partial charge in [0.15, 0.2) is 0 Å². The fraction of sp³-hybridized carbons (Fsp3) is 0.429. The number of amides is 1. The molecule has 5 nitrogen and oxygen atoms in total. The molecule has 0 fully saturated rings. The Morgan fingerprint density at radius 2 is 2.16 bits per heavy atom. The van der Waals surface area contributed by atoms with Crippen LogP contribution >= 0.6 is 0 Å². The Morgan fingerprint density at radius 1 is 1.47 bits per heavy atom. The van der Waals surface area contributed by atoms with E-state index < -0.39 is 11.5 Å². The van der Waals surface area contributed by atoms with Gasteiger partial charge in [-0.1, -0.05) is 12.1 Å². The molecular formula is C14H18N2O3. The fourth-order valence-corrected chi connectivity index (χ4v) is 2.43. The molecule has 0 bridgehead atoms. The highest BCUT2D eigenvalue weighted by atomic mass is 16.4. The SMILES string of the molecule is CN1C(=O)CCc2cc(C(C)(N)CC(=O)O)ccc21. The highest BCUT2D eigenvalue weighted by Crippen LogP contribution is 2.31. The molecule has 1 aromatic carbocycles. The van der Waals surface area contributed by atoms with Gasteiger partial charge in [-0.2, -0.15) is 0 Å². The lowest BCUT2D eigenvalue weighted by Crippen LogP contribution is -2.36. The summed E-state index contributed by atoms with van der Waals surface area (Å²) in [6, 6.07) is 5.56. The van der Waals surface area contributed by atoms with Crippen molar-refractivity contribution in [3.8, 4) is 0 Å². The maximum atomic E-state index is 11.6. The normalized spacial score (nSPS) is 17.8. The first-order chi connectivity index (χ1) is 8.81. The molecule has 1 aliphatic heterocycles. The van der Waals surface area contributed by atoms with Gasteiger partial charge in [-0.15, -0.1) is 0 Å². The summed E-state index contributed by atoms with van der Waals surface area (Å²) in [6.07, 6.45) is 1.03. The molecule has 5 heteroatoms. The number of nitrogens with zero attached hydrogens (tertiary/aromatic N) is 1. The number of carbonyl (C=O) groups excluding carboxylic acids is 1. The van der Waals surface area contributed by atoms with E-state index in [0.29, 0.717) is 12.8 Å². The van der Waals surface area contributed by atoms with E-state index in [-0.39, 0.29) is 12.3 Å². The average Bonchev–Trinajstić information content (AvgIpc) is 2.32. The topological polar surface area (TPSA) is 83.6 Å². The number of benzene rings is 1. The third-order valence-corrected chi connectivity index (χ3v) is 3.60. The van der Waals surface area contributed by atoms with Crippen molar-refractivity contribution < 1.29 is 14.7 Å². The Labute approximate surface area is 112 Å². The van der Waals surface area contributed by atoms with Crippen LogP contribution in [0.1, 0.15) is 30.9 Å². The van der Waals surface area contributed by atoms with Crippen molar-refractivity contribution in [1.29, 1.82) is 0 Å². The minimum Gasteiger partial charge on any atom is -0.481 e. The summed E-state index contributed by atoms with van der Waals surface area (Å²) in [4.78, 5) is 24.1. The molecule has 1 aromatic rings. The molecule has 2 rings (SSSR count). The van der Waals surface area contributed by atoms with Crippen molar-refractivity contribution >= 4 is 17.6 Å². The molecule has 1 heterocycles. The predicted octanol–water partition coefficient (Wildman–Crippen LogP) is 1.24. The van der Waals surface area contributed by atoms with Crippen LogP contribution in [0.2, 0.25) is 0 Å². The molecule has 1 amide bonds. The van der Waals surface area contributed by atoms with Crippen LogP contribution in [-0.4, -0.2) is 24.0 Å². The zero-order chi connectivity index (χ0) is 14.2. The number of nitrogens with two attached hydrogens (primary N) is 1. The van der Waals surface area contributed by atoms with E-state index >= 15 is 0 Å². The summed E-state index contributed by atoms with van der Waals surface area (Å²) in [5.41, 5.74) is 7.88. The Morgan fingerprint density at radius 3 is 2.79 bits per heavy atom. The number of carboxylic acid groups (broad SMARTS) is 1. The fourth-order valence-electron chi connectivity index (χ4n) is 2.43. The molecule has 0 saturated carbocycles. The maximum Gasteiger partial charge on any atom is 0.305 e. The molecule has 1 atom stereocenters. The number of aryl methyl sites for hydroxylation is 1. The minimum atomic E-state index is -0.921. The molecule has 0 aromatic heterocycles. The Bertz CT molecular complexity index is 537. The van der Waals surface area contributed by atoms with E-state index in [1.54, 1.807) is 24.9 Å². The minimum absolute atomic E-state index is 0.0984. The Hall–Kier alpha value is -1.88. The molecule has 19 heavy (non-hydrogen) atoms. The van der Waals surface area contributed by atoms with E-state index in [0.717, 1.165) is 16.8 Å². The monoisotopic (exact) mass is 262 g/mol. The second kappa shape index (κ2) is 4.66. The van der Waals surface area contributed by atoms with Gasteiger partial charge in [0.25, 0.3) is 0 Å². The van der Waals surface area contributed by atoms with Gasteiger partial charge in [0.2, 0.25) is 5.91 Å². The summed E-state index contributed by atoms with van der Waals surface area (Å²) in [7, 11) is 1.75. The molecule has 0 spiro atoms. The van der Waals surface area contributed by atoms with Crippen LogP contribution < -0.4 is 10.6 Å². The zero-order valence-corrected chi connectivity index (χ0v) is 11.1. The van der Waals surface area contributed by atoms with E-state index in [4.69, 9.17) is 10.8 Å². The summed E-state index contributed by atoms with van der Waals surface area (Å²) < 4.78 is 0. The van der Waals surface area contributed by atoms with Gasteiger partial charge in [-0.3, -0.25) is 9.59 Å². The van der Waals surface area contributed by atoms with Crippen LogP contribution in [0, 0.1) is 0 Å². The van der Waals surface area contributed by atoms with Gasteiger partial charge in [0, 0.05) is 24.7 Å². The number of fused-ring (bicyclic) bond motifs is 1. The van der Waals surface area contributed by atoms with Crippen LogP contribution in [0.5, 0.6) is 0 Å². The maximum absolute atomic E-state index is 11.6. The molecule has 3 N–H and O–H groups in total. The number of carbonyl (C=O) groups is 2. The third-order valence-electron chi connectivity index (χ3n) is 3.60. The largest absolute Gasteiger partial charge is 0.481 e. The predicted molar refractivity (Wildman–Crippen MR) is 72.0 cm³/mol. The van der Waals surface area contributed by atoms with Crippen molar-refractivity contribution in [2.24, 2.45) is 5.73 Å². The average molecular weight is 262 g/mol. The van der Waals surface area contributed by atoms with Crippen LogP contribution in [0.3, 0.4) is 0 Å². The van der Waals surface area contributed by atoms with Gasteiger partial charge in [-0.25, -0.2) is 0 Å². The molecule has 0 saturated heterocycles. The third kappa shape index (κ3) is 2.61. The van der Waals surface area contributed by atoms with Crippen molar-refractivity contribution in [3.05, 3.63) is 29.3 Å². The van der Waals surface area contributed by atoms with Gasteiger partial charge >= 0.3 is 5.97 Å². The molecule has 0 aliphatic carbocycles. The summed E-state index contributed by atoms with van der Waals surface area (Å²) in [5.74, 6) is -0.823. The first-order valence-electron chi connectivity index (χ1n) is 6.22. The second-order valence-electron chi connectivity index (χ2n) is 5.28. The lowest BCUT2D eigenvalue weighted by Gasteiger charge is -2.29. The van der Waals surface area contributed by atoms with E-state index in [2.05, 4.69) is 0 Å². The van der Waals surface area contributed by atoms with Crippen molar-refractivity contribution in [3.63, 3.8) is 0 Å². The van der Waals surface area contributed by atoms with E-state index in [9.17, 15) is 9.59 Å². The summed E-state index contributed by atoms with van der Waals surface area (Å²) >= 11 is 0. The van der Waals surface area contributed by atoms with Gasteiger partial charge in [0.1, 0.15) is 0 Å². The lowest BCUT2D eigenvalue weighted by atomic mass is 9.87. The first kappa shape index (κ1) is 13.5. The summed E-state index contributed by atoms with van der Waals surface area (Å²) in [5, 5.41) is 8.89. The summed E-state index contributed by atoms with van der Waals surface area (Å²) in [6.45, 7) is 1.71. The lowest BCUT2D eigenvalue weighted by molar-refractivity contribution is -0.138. The van der Waals surface area contributed by atoms with Gasteiger partial charge in [-0.05, 0) is 30.5 Å². The standard InChI is InChI=1S/C14H18N2O3/c1-14(15,8-13(18)19)10-4-5-11-9(7-10)3-6-12(17)16(11)2/h4-5,7H,3,6,8,15H2,1-2H3,(H,18,19). The number of hydrogen-bond acceptors (Lipinski definition) is 3. The zero-order valence-electron chi connectivity index (χ0n) is 11.1. The highest BCUT2D eigenvalue weighted by molar-refractivity contribution is 5.95. The molecule has 1 unspecified atom stereocenters. The van der Waals surface area contributed by atoms with Crippen LogP contribution in [0.4, 0.5) is 5.69 Å². The van der Waals surface area contributed by atoms with Gasteiger partial charge < -0.3 is 15.7 Å². The Kier molecular flexibility index (Phi) is 3.32. The highest BCUT2D eigenvalue weighted by Gasteiger charge is 2.27. The van der Waals surface area contributed by atoms with Crippen molar-refractivity contribution in [2.45, 2.75) is 31.7 Å². The molecule has 0 radical (unpaired) electrons. The van der Waals surface area contributed by atoms with Crippen LogP contribution in [-0.2, 0) is 21.5 Å².